The number of rotatable bonds is 1. The molecule has 0 saturated heterocycles. The molecule has 82 valence electrons. The summed E-state index contributed by atoms with van der Waals surface area (Å²) in [5.41, 5.74) is 1.78. The average Bonchev–Trinajstić information content (AvgIpc) is 2.73. The Morgan fingerprint density at radius 1 is 1.31 bits per heavy atom. The van der Waals surface area contributed by atoms with Crippen molar-refractivity contribution >= 4 is 0 Å². The predicted molar refractivity (Wildman–Crippen MR) is 59.8 cm³/mol. The molecule has 3 heterocycles. The number of aliphatic hydroxyl groups is 1. The van der Waals surface area contributed by atoms with Gasteiger partial charge < -0.3 is 9.67 Å². The molecule has 0 radical (unpaired) electrons. The van der Waals surface area contributed by atoms with Gasteiger partial charge in [-0.25, -0.2) is 4.98 Å². The summed E-state index contributed by atoms with van der Waals surface area (Å²) < 4.78 is 2.11. The van der Waals surface area contributed by atoms with Crippen LogP contribution in [0.3, 0.4) is 0 Å². The van der Waals surface area contributed by atoms with Gasteiger partial charge in [0.15, 0.2) is 0 Å². The Kier molecular flexibility index (Phi) is 2.22. The molecule has 0 aromatic carbocycles. The van der Waals surface area contributed by atoms with Gasteiger partial charge in [0.2, 0.25) is 0 Å². The van der Waals surface area contributed by atoms with E-state index in [0.29, 0.717) is 6.42 Å². The summed E-state index contributed by atoms with van der Waals surface area (Å²) in [6.07, 6.45) is 5.00. The molecule has 16 heavy (non-hydrogen) atoms. The highest BCUT2D eigenvalue weighted by molar-refractivity contribution is 5.53. The number of fused-ring (bicyclic) bond motifs is 1. The molecule has 0 aliphatic carbocycles. The van der Waals surface area contributed by atoms with Gasteiger partial charge in [-0.2, -0.15) is 0 Å². The highest BCUT2D eigenvalue weighted by atomic mass is 16.3. The largest absolute Gasteiger partial charge is 0.393 e. The van der Waals surface area contributed by atoms with Gasteiger partial charge in [0.1, 0.15) is 11.5 Å². The van der Waals surface area contributed by atoms with Gasteiger partial charge in [0.25, 0.3) is 0 Å². The van der Waals surface area contributed by atoms with Crippen LogP contribution in [0, 0.1) is 0 Å². The van der Waals surface area contributed by atoms with E-state index in [2.05, 4.69) is 14.5 Å². The van der Waals surface area contributed by atoms with E-state index in [1.54, 1.807) is 6.20 Å². The molecule has 0 saturated carbocycles. The van der Waals surface area contributed by atoms with E-state index in [4.69, 9.17) is 0 Å². The number of hydrogen-bond acceptors (Lipinski definition) is 3. The summed E-state index contributed by atoms with van der Waals surface area (Å²) in [6.45, 7) is 0.844. The fourth-order valence-electron chi connectivity index (χ4n) is 2.05. The Bertz CT molecular complexity index is 492. The molecular formula is C12H13N3O. The normalized spacial score (nSPS) is 19.4. The SMILES string of the molecule is OC1CCn2cc(-c3ccccn3)nc2C1. The van der Waals surface area contributed by atoms with Crippen LogP contribution in [-0.4, -0.2) is 25.7 Å². The lowest BCUT2D eigenvalue weighted by Gasteiger charge is -2.18. The van der Waals surface area contributed by atoms with Gasteiger partial charge in [-0.3, -0.25) is 4.98 Å². The van der Waals surface area contributed by atoms with Crippen molar-refractivity contribution in [2.75, 3.05) is 0 Å². The van der Waals surface area contributed by atoms with Crippen molar-refractivity contribution < 1.29 is 5.11 Å². The summed E-state index contributed by atoms with van der Waals surface area (Å²) in [5.74, 6) is 0.958. The van der Waals surface area contributed by atoms with Gasteiger partial charge in [-0.05, 0) is 18.6 Å². The van der Waals surface area contributed by atoms with Crippen LogP contribution in [0.25, 0.3) is 11.4 Å². The van der Waals surface area contributed by atoms with Crippen LogP contribution in [-0.2, 0) is 13.0 Å². The smallest absolute Gasteiger partial charge is 0.112 e. The van der Waals surface area contributed by atoms with Crippen LogP contribution in [0.4, 0.5) is 0 Å². The van der Waals surface area contributed by atoms with E-state index < -0.39 is 0 Å². The first-order chi connectivity index (χ1) is 7.83. The number of pyridine rings is 1. The van der Waals surface area contributed by atoms with Gasteiger partial charge >= 0.3 is 0 Å². The molecule has 1 aliphatic rings. The molecule has 2 aromatic rings. The third kappa shape index (κ3) is 1.61. The third-order valence-electron chi connectivity index (χ3n) is 2.91. The number of aryl methyl sites for hydroxylation is 1. The minimum absolute atomic E-state index is 0.244. The third-order valence-corrected chi connectivity index (χ3v) is 2.91. The fourth-order valence-corrected chi connectivity index (χ4v) is 2.05. The maximum absolute atomic E-state index is 9.57. The second-order valence-corrected chi connectivity index (χ2v) is 4.10. The average molecular weight is 215 g/mol. The standard InChI is InChI=1S/C12H13N3O/c16-9-4-6-15-8-11(14-12(15)7-9)10-3-1-2-5-13-10/h1-3,5,8-9,16H,4,6-7H2. The fraction of sp³-hybridized carbons (Fsp3) is 0.333. The summed E-state index contributed by atoms with van der Waals surface area (Å²) in [7, 11) is 0. The Labute approximate surface area is 93.6 Å². The minimum atomic E-state index is -0.244. The zero-order chi connectivity index (χ0) is 11.0. The van der Waals surface area contributed by atoms with Crippen molar-refractivity contribution in [2.24, 2.45) is 0 Å². The Morgan fingerprint density at radius 3 is 3.06 bits per heavy atom. The number of hydrogen-bond donors (Lipinski definition) is 1. The highest BCUT2D eigenvalue weighted by Gasteiger charge is 2.19. The zero-order valence-corrected chi connectivity index (χ0v) is 8.87. The van der Waals surface area contributed by atoms with Crippen molar-refractivity contribution in [1.82, 2.24) is 14.5 Å². The first-order valence-corrected chi connectivity index (χ1v) is 5.48. The molecule has 0 fully saturated rings. The molecule has 1 aliphatic heterocycles. The van der Waals surface area contributed by atoms with Crippen molar-refractivity contribution in [1.29, 1.82) is 0 Å². The van der Waals surface area contributed by atoms with Gasteiger partial charge in [0.05, 0.1) is 11.8 Å². The number of nitrogens with zero attached hydrogens (tertiary/aromatic N) is 3. The summed E-state index contributed by atoms with van der Waals surface area (Å²) in [4.78, 5) is 8.79. The summed E-state index contributed by atoms with van der Waals surface area (Å²) in [6, 6.07) is 5.80. The Hall–Kier alpha value is -1.68. The van der Waals surface area contributed by atoms with E-state index in [-0.39, 0.29) is 6.10 Å². The maximum atomic E-state index is 9.57. The molecule has 2 aromatic heterocycles. The molecule has 3 rings (SSSR count). The molecule has 1 N–H and O–H groups in total. The number of imidazole rings is 1. The highest BCUT2D eigenvalue weighted by Crippen LogP contribution is 2.20. The summed E-state index contributed by atoms with van der Waals surface area (Å²) in [5, 5.41) is 9.57. The van der Waals surface area contributed by atoms with Crippen molar-refractivity contribution in [3.05, 3.63) is 36.4 Å². The van der Waals surface area contributed by atoms with Crippen LogP contribution in [0.5, 0.6) is 0 Å². The zero-order valence-electron chi connectivity index (χ0n) is 8.87. The van der Waals surface area contributed by atoms with Crippen molar-refractivity contribution in [3.63, 3.8) is 0 Å². The van der Waals surface area contributed by atoms with E-state index in [9.17, 15) is 5.11 Å². The van der Waals surface area contributed by atoms with E-state index >= 15 is 0 Å². The van der Waals surface area contributed by atoms with Gasteiger partial charge in [0, 0.05) is 25.4 Å². The minimum Gasteiger partial charge on any atom is -0.393 e. The number of aromatic nitrogens is 3. The molecular weight excluding hydrogens is 202 g/mol. The van der Waals surface area contributed by atoms with Crippen LogP contribution >= 0.6 is 0 Å². The molecule has 0 spiro atoms. The topological polar surface area (TPSA) is 50.9 Å². The lowest BCUT2D eigenvalue weighted by Crippen LogP contribution is -2.22. The van der Waals surface area contributed by atoms with Crippen LogP contribution in [0.15, 0.2) is 30.6 Å². The monoisotopic (exact) mass is 215 g/mol. The van der Waals surface area contributed by atoms with Gasteiger partial charge in [-0.1, -0.05) is 6.07 Å². The summed E-state index contributed by atoms with van der Waals surface area (Å²) >= 11 is 0. The first-order valence-electron chi connectivity index (χ1n) is 5.48. The predicted octanol–water partition coefficient (Wildman–Crippen LogP) is 1.25. The number of aliphatic hydroxyl groups excluding tert-OH is 1. The Balaban J connectivity index is 1.99. The van der Waals surface area contributed by atoms with Crippen LogP contribution in [0.1, 0.15) is 12.2 Å². The molecule has 4 nitrogen and oxygen atoms in total. The quantitative estimate of drug-likeness (QED) is 0.779. The molecule has 0 amide bonds. The molecule has 1 unspecified atom stereocenters. The van der Waals surface area contributed by atoms with Crippen molar-refractivity contribution in [3.8, 4) is 11.4 Å². The van der Waals surface area contributed by atoms with Gasteiger partial charge in [-0.15, -0.1) is 0 Å². The second-order valence-electron chi connectivity index (χ2n) is 4.10. The lowest BCUT2D eigenvalue weighted by atomic mass is 10.1. The van der Waals surface area contributed by atoms with Crippen LogP contribution < -0.4 is 0 Å². The lowest BCUT2D eigenvalue weighted by molar-refractivity contribution is 0.141. The molecule has 4 heteroatoms. The van der Waals surface area contributed by atoms with E-state index in [1.807, 2.05) is 24.4 Å². The van der Waals surface area contributed by atoms with Crippen molar-refractivity contribution in [2.45, 2.75) is 25.5 Å². The van der Waals surface area contributed by atoms with E-state index in [0.717, 1.165) is 30.2 Å². The molecule has 0 bridgehead atoms. The molecule has 1 atom stereocenters. The van der Waals surface area contributed by atoms with Crippen LogP contribution in [0.2, 0.25) is 0 Å². The Morgan fingerprint density at radius 2 is 2.25 bits per heavy atom. The van der Waals surface area contributed by atoms with E-state index in [1.165, 1.54) is 0 Å². The maximum Gasteiger partial charge on any atom is 0.112 e. The first kappa shape index (κ1) is 9.54. The second kappa shape index (κ2) is 3.72.